The fourth-order valence-electron chi connectivity index (χ4n) is 3.67. The van der Waals surface area contributed by atoms with E-state index in [-0.39, 0.29) is 15.0 Å². The number of anilines is 1. The maximum atomic E-state index is 4.56. The van der Waals surface area contributed by atoms with Crippen molar-refractivity contribution in [2.24, 2.45) is 0 Å². The van der Waals surface area contributed by atoms with E-state index in [1.54, 1.807) is 0 Å². The van der Waals surface area contributed by atoms with E-state index in [9.17, 15) is 0 Å². The number of fused-ring (bicyclic) bond motifs is 3. The molecule has 2 fully saturated rings. The van der Waals surface area contributed by atoms with Crippen LogP contribution in [-0.4, -0.2) is 53.0 Å². The van der Waals surface area contributed by atoms with Gasteiger partial charge in [0.05, 0.1) is 0 Å². The van der Waals surface area contributed by atoms with Gasteiger partial charge in [0.1, 0.15) is 0 Å². The molecule has 2 bridgehead atoms. The van der Waals surface area contributed by atoms with Crippen molar-refractivity contribution < 1.29 is 0 Å². The second kappa shape index (κ2) is 4.58. The number of rotatable bonds is 2. The van der Waals surface area contributed by atoms with E-state index in [2.05, 4.69) is 43.4 Å². The van der Waals surface area contributed by atoms with Gasteiger partial charge in [-0.1, -0.05) is 0 Å². The Hall–Kier alpha value is -0.901. The number of benzene rings is 1. The van der Waals surface area contributed by atoms with Crippen molar-refractivity contribution in [2.75, 3.05) is 12.4 Å². The zero-order valence-corrected chi connectivity index (χ0v) is 12.8. The van der Waals surface area contributed by atoms with Gasteiger partial charge < -0.3 is 0 Å². The third-order valence-corrected chi connectivity index (χ3v) is 5.88. The molecule has 4 rings (SSSR count). The van der Waals surface area contributed by atoms with Gasteiger partial charge in [0.2, 0.25) is 0 Å². The van der Waals surface area contributed by atoms with E-state index in [1.807, 2.05) is 0 Å². The molecule has 1 aromatic carbocycles. The van der Waals surface area contributed by atoms with E-state index in [1.165, 1.54) is 31.4 Å². The molecule has 3 heterocycles. The van der Waals surface area contributed by atoms with Crippen LogP contribution in [0.1, 0.15) is 25.7 Å². The Morgan fingerprint density at radius 3 is 2.79 bits per heavy atom. The summed E-state index contributed by atoms with van der Waals surface area (Å²) in [6.07, 6.45) is 5.27. The second-order valence-corrected chi connectivity index (χ2v) is 6.91. The number of aromatic nitrogens is 2. The van der Waals surface area contributed by atoms with Crippen molar-refractivity contribution in [1.82, 2.24) is 12.9 Å². The molecule has 0 spiro atoms. The van der Waals surface area contributed by atoms with Crippen LogP contribution in [0, 0.1) is 0 Å². The second-order valence-electron chi connectivity index (χ2n) is 5.80. The number of nitrogens with zero attached hydrogens (tertiary/aromatic N) is 3. The molecule has 2 atom stereocenters. The van der Waals surface area contributed by atoms with Gasteiger partial charge >= 0.3 is 119 Å². The van der Waals surface area contributed by atoms with Crippen molar-refractivity contribution in [3.63, 3.8) is 0 Å². The van der Waals surface area contributed by atoms with Crippen LogP contribution in [0.3, 0.4) is 0 Å². The van der Waals surface area contributed by atoms with Crippen LogP contribution in [-0.2, 0) is 0 Å². The fraction of sp³-hybridized carbons (Fsp3) is 0.571. The predicted molar refractivity (Wildman–Crippen MR) is 77.7 cm³/mol. The fourth-order valence-corrected chi connectivity index (χ4v) is 4.83. The Kier molecular flexibility index (Phi) is 2.87. The zero-order chi connectivity index (χ0) is 12.8. The molecule has 1 aromatic heterocycles. The van der Waals surface area contributed by atoms with Gasteiger partial charge in [-0.15, -0.1) is 0 Å². The molecule has 0 saturated carbocycles. The van der Waals surface area contributed by atoms with Gasteiger partial charge in [0, 0.05) is 0 Å². The Labute approximate surface area is 119 Å². The van der Waals surface area contributed by atoms with E-state index in [4.69, 9.17) is 0 Å². The molecule has 0 radical (unpaired) electrons. The molecular formula is C14H18N4Se. The van der Waals surface area contributed by atoms with Gasteiger partial charge in [-0.25, -0.2) is 0 Å². The van der Waals surface area contributed by atoms with Gasteiger partial charge in [-0.05, 0) is 0 Å². The quantitative estimate of drug-likeness (QED) is 0.855. The number of hydrogen-bond donors (Lipinski definition) is 1. The summed E-state index contributed by atoms with van der Waals surface area (Å²) in [6.45, 7) is 0. The first-order valence-electron chi connectivity index (χ1n) is 7.01. The minimum absolute atomic E-state index is 0.0614. The number of piperidine rings is 1. The van der Waals surface area contributed by atoms with Crippen molar-refractivity contribution >= 4 is 31.7 Å². The van der Waals surface area contributed by atoms with Crippen molar-refractivity contribution in [2.45, 2.75) is 43.8 Å². The van der Waals surface area contributed by atoms with Gasteiger partial charge in [-0.3, -0.25) is 0 Å². The first-order valence-corrected chi connectivity index (χ1v) is 8.54. The Balaban J connectivity index is 1.57. The van der Waals surface area contributed by atoms with Crippen LogP contribution in [0.15, 0.2) is 18.2 Å². The van der Waals surface area contributed by atoms with E-state index >= 15 is 0 Å². The third-order valence-electron chi connectivity index (χ3n) is 4.74. The van der Waals surface area contributed by atoms with Crippen LogP contribution in [0.4, 0.5) is 5.69 Å². The Bertz CT molecular complexity index is 582. The average molecular weight is 321 g/mol. The number of hydrogen-bond acceptors (Lipinski definition) is 4. The monoisotopic (exact) mass is 322 g/mol. The summed E-state index contributed by atoms with van der Waals surface area (Å²) in [6, 6.07) is 8.46. The summed E-state index contributed by atoms with van der Waals surface area (Å²) in [5.41, 5.74) is 3.35. The minimum atomic E-state index is 0.0614. The standard InChI is InChI=1S/C14H18N4Se/c1-18-10-5-6-11(18)8-9(7-10)15-12-3-2-4-13-14(12)17-19-16-13/h2-4,9-11,15H,5-8H2,1H3. The molecule has 100 valence electrons. The molecular weight excluding hydrogens is 303 g/mol. The summed E-state index contributed by atoms with van der Waals surface area (Å²) < 4.78 is 9.01. The summed E-state index contributed by atoms with van der Waals surface area (Å²) in [5, 5.41) is 3.73. The van der Waals surface area contributed by atoms with Gasteiger partial charge in [0.25, 0.3) is 0 Å². The topological polar surface area (TPSA) is 41.0 Å². The molecule has 2 aliphatic heterocycles. The first-order chi connectivity index (χ1) is 9.31. The maximum absolute atomic E-state index is 4.56. The van der Waals surface area contributed by atoms with Crippen molar-refractivity contribution in [3.8, 4) is 0 Å². The van der Waals surface area contributed by atoms with Crippen LogP contribution in [0.2, 0.25) is 0 Å². The van der Waals surface area contributed by atoms with Crippen molar-refractivity contribution in [3.05, 3.63) is 18.2 Å². The molecule has 0 amide bonds. The van der Waals surface area contributed by atoms with E-state index in [0.29, 0.717) is 6.04 Å². The van der Waals surface area contributed by atoms with Crippen LogP contribution in [0.5, 0.6) is 0 Å². The normalized spacial score (nSPS) is 30.9. The zero-order valence-electron chi connectivity index (χ0n) is 11.0. The molecule has 0 aliphatic carbocycles. The van der Waals surface area contributed by atoms with E-state index in [0.717, 1.165) is 23.1 Å². The SMILES string of the molecule is CN1C2CCC1CC(Nc1cccc3n[se]nc13)C2. The summed E-state index contributed by atoms with van der Waals surface area (Å²) in [7, 11) is 2.29. The van der Waals surface area contributed by atoms with Crippen LogP contribution >= 0.6 is 0 Å². The summed E-state index contributed by atoms with van der Waals surface area (Å²) in [4.78, 5) is 2.58. The molecule has 1 N–H and O–H groups in total. The molecule has 19 heavy (non-hydrogen) atoms. The molecule has 2 saturated heterocycles. The molecule has 5 heteroatoms. The van der Waals surface area contributed by atoms with Gasteiger partial charge in [0.15, 0.2) is 0 Å². The summed E-state index contributed by atoms with van der Waals surface area (Å²) in [5.74, 6) is 0. The molecule has 2 aliphatic rings. The van der Waals surface area contributed by atoms with Crippen LogP contribution < -0.4 is 5.32 Å². The molecule has 2 unspecified atom stereocenters. The molecule has 2 aromatic rings. The molecule has 4 nitrogen and oxygen atoms in total. The number of nitrogens with one attached hydrogen (secondary N) is 1. The predicted octanol–water partition coefficient (Wildman–Crippen LogP) is 1.72. The Morgan fingerprint density at radius 1 is 1.21 bits per heavy atom. The first kappa shape index (κ1) is 11.9. The summed E-state index contributed by atoms with van der Waals surface area (Å²) >= 11 is 0.0614. The van der Waals surface area contributed by atoms with Crippen LogP contribution in [0.25, 0.3) is 11.0 Å². The van der Waals surface area contributed by atoms with Gasteiger partial charge in [-0.2, -0.15) is 0 Å². The van der Waals surface area contributed by atoms with Crippen molar-refractivity contribution in [1.29, 1.82) is 0 Å². The third kappa shape index (κ3) is 2.00. The Morgan fingerprint density at radius 2 is 2.00 bits per heavy atom. The van der Waals surface area contributed by atoms with E-state index < -0.39 is 0 Å². The average Bonchev–Trinajstić information content (AvgIpc) is 2.94.